The Labute approximate surface area is 123 Å². The molecule has 2 rings (SSSR count). The van der Waals surface area contributed by atoms with Gasteiger partial charge >= 0.3 is 0 Å². The Morgan fingerprint density at radius 1 is 1.30 bits per heavy atom. The summed E-state index contributed by atoms with van der Waals surface area (Å²) in [6.45, 7) is -0.332. The van der Waals surface area contributed by atoms with Crippen LogP contribution in [0.3, 0.4) is 0 Å². The van der Waals surface area contributed by atoms with Gasteiger partial charge in [-0.1, -0.05) is 34.1 Å². The first kappa shape index (κ1) is 14.8. The number of carbonyl (C=O) groups is 1. The van der Waals surface area contributed by atoms with Crippen molar-refractivity contribution in [2.75, 3.05) is 18.4 Å². The number of fused-ring (bicyclic) bond motifs is 1. The quantitative estimate of drug-likeness (QED) is 0.781. The normalized spacial score (nSPS) is 11.0. The van der Waals surface area contributed by atoms with Gasteiger partial charge < -0.3 is 4.90 Å². The molecule has 0 atom stereocenters. The second-order valence-corrected chi connectivity index (χ2v) is 5.00. The first-order valence-corrected chi connectivity index (χ1v) is 7.22. The van der Waals surface area contributed by atoms with E-state index in [0.717, 1.165) is 4.90 Å². The molecule has 0 radical (unpaired) electrons. The van der Waals surface area contributed by atoms with Crippen LogP contribution in [0, 0.1) is 0 Å². The van der Waals surface area contributed by atoms with E-state index in [-0.39, 0.29) is 6.54 Å². The highest BCUT2D eigenvalue weighted by atomic mass is 79.9. The van der Waals surface area contributed by atoms with E-state index >= 15 is 0 Å². The molecular weight excluding hydrogens is 330 g/mol. The van der Waals surface area contributed by atoms with Crippen molar-refractivity contribution in [3.05, 3.63) is 42.1 Å². The minimum atomic E-state index is -2.55. The van der Waals surface area contributed by atoms with Crippen LogP contribution in [-0.2, 0) is 0 Å². The highest BCUT2D eigenvalue weighted by Crippen LogP contribution is 2.18. The molecule has 0 aliphatic carbocycles. The Bertz CT molecular complexity index is 601. The summed E-state index contributed by atoms with van der Waals surface area (Å²) in [5.41, 5.74) is 1.08. The van der Waals surface area contributed by atoms with Crippen LogP contribution in [0.4, 0.5) is 8.78 Å². The van der Waals surface area contributed by atoms with Gasteiger partial charge in [0.05, 0.1) is 17.6 Å². The molecule has 1 aromatic heterocycles. The van der Waals surface area contributed by atoms with Gasteiger partial charge in [0, 0.05) is 23.5 Å². The first-order chi connectivity index (χ1) is 9.63. The number of hydrogen-bond acceptors (Lipinski definition) is 2. The summed E-state index contributed by atoms with van der Waals surface area (Å²) in [5, 5.41) is 1.13. The van der Waals surface area contributed by atoms with Crippen molar-refractivity contribution in [2.24, 2.45) is 0 Å². The third-order valence-electron chi connectivity index (χ3n) is 2.88. The maximum absolute atomic E-state index is 12.6. The third kappa shape index (κ3) is 3.30. The van der Waals surface area contributed by atoms with Gasteiger partial charge in [0.15, 0.2) is 0 Å². The van der Waals surface area contributed by atoms with Gasteiger partial charge in [0.2, 0.25) is 0 Å². The summed E-state index contributed by atoms with van der Waals surface area (Å²) >= 11 is 3.18. The molecule has 3 nitrogen and oxygen atoms in total. The van der Waals surface area contributed by atoms with Crippen molar-refractivity contribution < 1.29 is 13.6 Å². The molecule has 0 bridgehead atoms. The van der Waals surface area contributed by atoms with Gasteiger partial charge in [0.25, 0.3) is 12.3 Å². The number of amides is 1. The summed E-state index contributed by atoms with van der Waals surface area (Å²) < 4.78 is 25.2. The highest BCUT2D eigenvalue weighted by Gasteiger charge is 2.20. The van der Waals surface area contributed by atoms with E-state index in [9.17, 15) is 13.6 Å². The zero-order valence-electron chi connectivity index (χ0n) is 10.6. The van der Waals surface area contributed by atoms with E-state index in [4.69, 9.17) is 0 Å². The molecule has 2 aromatic rings. The van der Waals surface area contributed by atoms with Crippen LogP contribution in [0.15, 0.2) is 36.5 Å². The monoisotopic (exact) mass is 342 g/mol. The number of rotatable bonds is 5. The summed E-state index contributed by atoms with van der Waals surface area (Å²) in [6, 6.07) is 8.73. The van der Waals surface area contributed by atoms with E-state index < -0.39 is 18.9 Å². The van der Waals surface area contributed by atoms with Crippen LogP contribution < -0.4 is 0 Å². The predicted molar refractivity (Wildman–Crippen MR) is 77.4 cm³/mol. The predicted octanol–water partition coefficient (Wildman–Crippen LogP) is 3.34. The number of halogens is 3. The van der Waals surface area contributed by atoms with Crippen molar-refractivity contribution in [2.45, 2.75) is 6.43 Å². The highest BCUT2D eigenvalue weighted by molar-refractivity contribution is 9.09. The van der Waals surface area contributed by atoms with Gasteiger partial charge in [-0.25, -0.2) is 8.78 Å². The summed E-state index contributed by atoms with van der Waals surface area (Å²) in [7, 11) is 0. The largest absolute Gasteiger partial charge is 0.332 e. The lowest BCUT2D eigenvalue weighted by Gasteiger charge is -2.22. The second-order valence-electron chi connectivity index (χ2n) is 4.21. The lowest BCUT2D eigenvalue weighted by molar-refractivity contribution is 0.0574. The Morgan fingerprint density at radius 2 is 2.05 bits per heavy atom. The molecule has 0 fully saturated rings. The molecular formula is C14H13BrF2N2O. The number of aromatic nitrogens is 1. The molecule has 6 heteroatoms. The Hall–Kier alpha value is -1.56. The summed E-state index contributed by atoms with van der Waals surface area (Å²) in [5.74, 6) is -0.400. The number of alkyl halides is 3. The van der Waals surface area contributed by atoms with Crippen molar-refractivity contribution in [1.82, 2.24) is 9.88 Å². The lowest BCUT2D eigenvalue weighted by atomic mass is 10.1. The fraction of sp³-hybridized carbons (Fsp3) is 0.286. The summed E-state index contributed by atoms with van der Waals surface area (Å²) in [4.78, 5) is 17.7. The van der Waals surface area contributed by atoms with Crippen molar-refractivity contribution >= 4 is 32.7 Å². The molecule has 1 amide bonds. The molecule has 106 valence electrons. The Balaban J connectivity index is 2.38. The molecule has 0 aliphatic heterocycles. The number of para-hydroxylation sites is 1. The van der Waals surface area contributed by atoms with Crippen LogP contribution in [0.2, 0.25) is 0 Å². The minimum absolute atomic E-state index is 0.236. The maximum atomic E-state index is 12.6. The molecule has 0 aliphatic rings. The molecule has 0 N–H and O–H groups in total. The number of benzene rings is 1. The molecule has 1 heterocycles. The fourth-order valence-electron chi connectivity index (χ4n) is 2.00. The van der Waals surface area contributed by atoms with Gasteiger partial charge in [-0.05, 0) is 12.1 Å². The van der Waals surface area contributed by atoms with Crippen LogP contribution in [0.5, 0.6) is 0 Å². The van der Waals surface area contributed by atoms with E-state index in [1.165, 1.54) is 6.20 Å². The van der Waals surface area contributed by atoms with E-state index in [0.29, 0.717) is 21.8 Å². The molecule has 0 spiro atoms. The molecule has 0 unspecified atom stereocenters. The number of carbonyl (C=O) groups excluding carboxylic acids is 1. The number of pyridine rings is 1. The lowest BCUT2D eigenvalue weighted by Crippen LogP contribution is -2.36. The first-order valence-electron chi connectivity index (χ1n) is 6.10. The Kier molecular flexibility index (Phi) is 5.00. The average molecular weight is 343 g/mol. The van der Waals surface area contributed by atoms with Gasteiger partial charge in [0.1, 0.15) is 0 Å². The number of hydrogen-bond donors (Lipinski definition) is 0. The van der Waals surface area contributed by atoms with Crippen molar-refractivity contribution in [1.29, 1.82) is 0 Å². The van der Waals surface area contributed by atoms with Gasteiger partial charge in [-0.2, -0.15) is 0 Å². The van der Waals surface area contributed by atoms with Crippen LogP contribution in [0.1, 0.15) is 10.4 Å². The Morgan fingerprint density at radius 3 is 2.75 bits per heavy atom. The standard InChI is InChI=1S/C14H13BrF2N2O/c15-6-8-19(9-13(16)17)14(20)11-5-7-18-12-4-2-1-3-10(11)12/h1-5,7,13H,6,8-9H2. The van der Waals surface area contributed by atoms with E-state index in [2.05, 4.69) is 20.9 Å². The maximum Gasteiger partial charge on any atom is 0.255 e. The zero-order valence-corrected chi connectivity index (χ0v) is 12.2. The van der Waals surface area contributed by atoms with E-state index in [1.54, 1.807) is 24.3 Å². The fourth-order valence-corrected chi connectivity index (χ4v) is 2.43. The minimum Gasteiger partial charge on any atom is -0.332 e. The van der Waals surface area contributed by atoms with Crippen molar-refractivity contribution in [3.63, 3.8) is 0 Å². The third-order valence-corrected chi connectivity index (χ3v) is 3.23. The smallest absolute Gasteiger partial charge is 0.255 e. The van der Waals surface area contributed by atoms with Crippen LogP contribution in [0.25, 0.3) is 10.9 Å². The number of nitrogens with zero attached hydrogens (tertiary/aromatic N) is 2. The van der Waals surface area contributed by atoms with E-state index in [1.807, 2.05) is 6.07 Å². The van der Waals surface area contributed by atoms with Crippen LogP contribution in [-0.4, -0.2) is 40.6 Å². The SMILES string of the molecule is O=C(c1ccnc2ccccc12)N(CCBr)CC(F)F. The molecule has 0 saturated carbocycles. The van der Waals surface area contributed by atoms with Gasteiger partial charge in [-0.3, -0.25) is 9.78 Å². The van der Waals surface area contributed by atoms with Crippen molar-refractivity contribution in [3.8, 4) is 0 Å². The molecule has 0 saturated heterocycles. The topological polar surface area (TPSA) is 33.2 Å². The average Bonchev–Trinajstić information content (AvgIpc) is 2.45. The van der Waals surface area contributed by atoms with Gasteiger partial charge in [-0.15, -0.1) is 0 Å². The molecule has 1 aromatic carbocycles. The summed E-state index contributed by atoms with van der Waals surface area (Å²) in [6.07, 6.45) is -1.03. The van der Waals surface area contributed by atoms with Crippen LogP contribution >= 0.6 is 15.9 Å². The zero-order chi connectivity index (χ0) is 14.5. The second kappa shape index (κ2) is 6.74. The molecule has 20 heavy (non-hydrogen) atoms.